The van der Waals surface area contributed by atoms with Crippen LogP contribution in [0.5, 0.6) is 0 Å². The maximum absolute atomic E-state index is 5.65. The molecule has 0 amide bonds. The number of hydrogen-bond donors (Lipinski definition) is 2. The first kappa shape index (κ1) is 9.73. The highest BCUT2D eigenvalue weighted by atomic mass is 15.3. The average Bonchev–Trinajstić information content (AvgIpc) is 2.65. The van der Waals surface area contributed by atoms with Crippen molar-refractivity contribution in [3.63, 3.8) is 0 Å². The molecule has 4 nitrogen and oxygen atoms in total. The first-order chi connectivity index (χ1) is 7.29. The van der Waals surface area contributed by atoms with Gasteiger partial charge in [0.15, 0.2) is 0 Å². The van der Waals surface area contributed by atoms with E-state index >= 15 is 0 Å². The van der Waals surface area contributed by atoms with Crippen molar-refractivity contribution in [2.75, 3.05) is 5.32 Å². The molecule has 0 aliphatic heterocycles. The highest BCUT2D eigenvalue weighted by Crippen LogP contribution is 2.19. The summed E-state index contributed by atoms with van der Waals surface area (Å²) in [5, 5.41) is 7.37. The zero-order chi connectivity index (χ0) is 10.7. The third kappa shape index (κ3) is 2.16. The first-order valence-electron chi connectivity index (χ1n) is 4.83. The standard InChI is InChI=1S/C11H14N4/c1-15-8-10(7-13-15)14-11-5-3-2-4-9(11)6-12/h2-5,7-8,14H,6,12H2,1H3. The lowest BCUT2D eigenvalue weighted by atomic mass is 10.2. The van der Waals surface area contributed by atoms with Crippen molar-refractivity contribution in [3.8, 4) is 0 Å². The predicted molar refractivity (Wildman–Crippen MR) is 60.8 cm³/mol. The van der Waals surface area contributed by atoms with Gasteiger partial charge >= 0.3 is 0 Å². The van der Waals surface area contributed by atoms with Crippen LogP contribution in [0.3, 0.4) is 0 Å². The number of para-hydroxylation sites is 1. The van der Waals surface area contributed by atoms with Crippen molar-refractivity contribution in [2.24, 2.45) is 12.8 Å². The molecule has 2 aromatic rings. The summed E-state index contributed by atoms with van der Waals surface area (Å²) in [6.45, 7) is 0.531. The van der Waals surface area contributed by atoms with Gasteiger partial charge in [-0.1, -0.05) is 18.2 Å². The van der Waals surface area contributed by atoms with Crippen molar-refractivity contribution < 1.29 is 0 Å². The number of rotatable bonds is 3. The molecule has 0 unspecified atom stereocenters. The topological polar surface area (TPSA) is 55.9 Å². The average molecular weight is 202 g/mol. The van der Waals surface area contributed by atoms with Crippen LogP contribution in [-0.2, 0) is 13.6 Å². The highest BCUT2D eigenvalue weighted by molar-refractivity contribution is 5.61. The van der Waals surface area contributed by atoms with E-state index in [4.69, 9.17) is 5.73 Å². The number of aromatic nitrogens is 2. The van der Waals surface area contributed by atoms with E-state index in [2.05, 4.69) is 10.4 Å². The van der Waals surface area contributed by atoms with Gasteiger partial charge in [0.2, 0.25) is 0 Å². The molecular formula is C11H14N4. The number of anilines is 2. The van der Waals surface area contributed by atoms with Crippen LogP contribution in [-0.4, -0.2) is 9.78 Å². The molecule has 15 heavy (non-hydrogen) atoms. The van der Waals surface area contributed by atoms with Crippen molar-refractivity contribution in [2.45, 2.75) is 6.54 Å². The Kier molecular flexibility index (Phi) is 2.69. The van der Waals surface area contributed by atoms with Crippen LogP contribution in [0.1, 0.15) is 5.56 Å². The van der Waals surface area contributed by atoms with Crippen LogP contribution in [0.2, 0.25) is 0 Å². The van der Waals surface area contributed by atoms with Crippen LogP contribution < -0.4 is 11.1 Å². The highest BCUT2D eigenvalue weighted by Gasteiger charge is 2.01. The number of benzene rings is 1. The number of aryl methyl sites for hydroxylation is 1. The second-order valence-electron chi connectivity index (χ2n) is 3.39. The van der Waals surface area contributed by atoms with Gasteiger partial charge in [0.25, 0.3) is 0 Å². The Hall–Kier alpha value is -1.81. The second-order valence-corrected chi connectivity index (χ2v) is 3.39. The Bertz CT molecular complexity index is 447. The SMILES string of the molecule is Cn1cc(Nc2ccccc2CN)cn1. The molecule has 1 heterocycles. The molecule has 1 aromatic carbocycles. The maximum Gasteiger partial charge on any atom is 0.0770 e. The fourth-order valence-electron chi connectivity index (χ4n) is 1.46. The van der Waals surface area contributed by atoms with Crippen molar-refractivity contribution in [1.29, 1.82) is 0 Å². The van der Waals surface area contributed by atoms with E-state index in [9.17, 15) is 0 Å². The van der Waals surface area contributed by atoms with E-state index in [-0.39, 0.29) is 0 Å². The summed E-state index contributed by atoms with van der Waals surface area (Å²) in [4.78, 5) is 0. The zero-order valence-electron chi connectivity index (χ0n) is 8.64. The monoisotopic (exact) mass is 202 g/mol. The summed E-state index contributed by atoms with van der Waals surface area (Å²) in [7, 11) is 1.89. The number of hydrogen-bond acceptors (Lipinski definition) is 3. The van der Waals surface area contributed by atoms with E-state index in [0.29, 0.717) is 6.54 Å². The lowest BCUT2D eigenvalue weighted by Crippen LogP contribution is -2.01. The summed E-state index contributed by atoms with van der Waals surface area (Å²) in [6, 6.07) is 7.99. The summed E-state index contributed by atoms with van der Waals surface area (Å²) in [5.41, 5.74) is 8.75. The Balaban J connectivity index is 2.23. The van der Waals surface area contributed by atoms with E-state index in [0.717, 1.165) is 16.9 Å². The Morgan fingerprint density at radius 3 is 2.87 bits per heavy atom. The van der Waals surface area contributed by atoms with Crippen molar-refractivity contribution >= 4 is 11.4 Å². The molecule has 0 atom stereocenters. The third-order valence-corrected chi connectivity index (χ3v) is 2.22. The molecule has 0 saturated heterocycles. The number of nitrogens with two attached hydrogens (primary N) is 1. The molecule has 0 radical (unpaired) electrons. The molecule has 4 heteroatoms. The van der Waals surface area contributed by atoms with Crippen LogP contribution >= 0.6 is 0 Å². The van der Waals surface area contributed by atoms with E-state index in [1.807, 2.05) is 37.5 Å². The smallest absolute Gasteiger partial charge is 0.0770 e. The minimum atomic E-state index is 0.531. The third-order valence-electron chi connectivity index (χ3n) is 2.22. The molecule has 2 rings (SSSR count). The van der Waals surface area contributed by atoms with Gasteiger partial charge in [-0.25, -0.2) is 0 Å². The van der Waals surface area contributed by atoms with E-state index in [1.54, 1.807) is 10.9 Å². The fraction of sp³-hybridized carbons (Fsp3) is 0.182. The van der Waals surface area contributed by atoms with Gasteiger partial charge in [-0.2, -0.15) is 5.10 Å². The van der Waals surface area contributed by atoms with E-state index < -0.39 is 0 Å². The van der Waals surface area contributed by atoms with Gasteiger partial charge in [0, 0.05) is 25.5 Å². The minimum absolute atomic E-state index is 0.531. The quantitative estimate of drug-likeness (QED) is 0.795. The zero-order valence-corrected chi connectivity index (χ0v) is 8.64. The number of nitrogens with zero attached hydrogens (tertiary/aromatic N) is 2. The predicted octanol–water partition coefficient (Wildman–Crippen LogP) is 1.62. The number of nitrogens with one attached hydrogen (secondary N) is 1. The molecule has 3 N–H and O–H groups in total. The van der Waals surface area contributed by atoms with Crippen molar-refractivity contribution in [3.05, 3.63) is 42.2 Å². The lowest BCUT2D eigenvalue weighted by Gasteiger charge is -2.08. The van der Waals surface area contributed by atoms with Crippen LogP contribution in [0.4, 0.5) is 11.4 Å². The summed E-state index contributed by atoms with van der Waals surface area (Å²) in [6.07, 6.45) is 3.71. The van der Waals surface area contributed by atoms with Gasteiger partial charge in [-0.05, 0) is 11.6 Å². The summed E-state index contributed by atoms with van der Waals surface area (Å²) in [5.74, 6) is 0. The van der Waals surface area contributed by atoms with Crippen LogP contribution in [0, 0.1) is 0 Å². The fourth-order valence-corrected chi connectivity index (χ4v) is 1.46. The van der Waals surface area contributed by atoms with Gasteiger partial charge in [-0.3, -0.25) is 4.68 Å². The second kappa shape index (κ2) is 4.14. The van der Waals surface area contributed by atoms with Crippen LogP contribution in [0.15, 0.2) is 36.7 Å². The maximum atomic E-state index is 5.65. The van der Waals surface area contributed by atoms with Gasteiger partial charge in [-0.15, -0.1) is 0 Å². The Morgan fingerprint density at radius 2 is 2.20 bits per heavy atom. The Morgan fingerprint density at radius 1 is 1.40 bits per heavy atom. The largest absolute Gasteiger partial charge is 0.353 e. The van der Waals surface area contributed by atoms with Gasteiger partial charge in [0.1, 0.15) is 0 Å². The molecule has 0 fully saturated rings. The normalized spacial score (nSPS) is 10.3. The molecule has 1 aromatic heterocycles. The molecule has 0 saturated carbocycles. The van der Waals surface area contributed by atoms with Gasteiger partial charge < -0.3 is 11.1 Å². The first-order valence-corrected chi connectivity index (χ1v) is 4.83. The molecule has 0 spiro atoms. The molecule has 0 aliphatic rings. The molecule has 0 aliphatic carbocycles. The van der Waals surface area contributed by atoms with Crippen molar-refractivity contribution in [1.82, 2.24) is 9.78 Å². The lowest BCUT2D eigenvalue weighted by molar-refractivity contribution is 0.768. The summed E-state index contributed by atoms with van der Waals surface area (Å²) < 4.78 is 1.76. The minimum Gasteiger partial charge on any atom is -0.353 e. The van der Waals surface area contributed by atoms with Crippen LogP contribution in [0.25, 0.3) is 0 Å². The molecule has 78 valence electrons. The van der Waals surface area contributed by atoms with Gasteiger partial charge in [0.05, 0.1) is 11.9 Å². The molecular weight excluding hydrogens is 188 g/mol. The Labute approximate surface area is 88.7 Å². The van der Waals surface area contributed by atoms with E-state index in [1.165, 1.54) is 0 Å². The summed E-state index contributed by atoms with van der Waals surface area (Å²) >= 11 is 0. The molecule has 0 bridgehead atoms.